The van der Waals surface area contributed by atoms with E-state index < -0.39 is 0 Å². The second kappa shape index (κ2) is 10.3. The third kappa shape index (κ3) is 6.53. The van der Waals surface area contributed by atoms with E-state index in [1.165, 1.54) is 16.9 Å². The minimum atomic E-state index is -0.312. The van der Waals surface area contributed by atoms with E-state index in [2.05, 4.69) is 5.32 Å². The Labute approximate surface area is 168 Å². The summed E-state index contributed by atoms with van der Waals surface area (Å²) in [6.07, 6.45) is 0. The van der Waals surface area contributed by atoms with Gasteiger partial charge in [-0.15, -0.1) is 11.3 Å². The molecule has 1 heterocycles. The third-order valence-electron chi connectivity index (χ3n) is 4.01. The molecule has 2 aromatic rings. The van der Waals surface area contributed by atoms with Crippen LogP contribution in [0.15, 0.2) is 35.7 Å². The van der Waals surface area contributed by atoms with Crippen molar-refractivity contribution in [3.8, 4) is 5.75 Å². The molecule has 2 amide bonds. The summed E-state index contributed by atoms with van der Waals surface area (Å²) < 4.78 is 5.21. The van der Waals surface area contributed by atoms with Gasteiger partial charge in [0.2, 0.25) is 11.8 Å². The number of hydrogen-bond acceptors (Lipinski definition) is 5. The van der Waals surface area contributed by atoms with Crippen molar-refractivity contribution in [1.82, 2.24) is 9.80 Å². The molecule has 0 saturated heterocycles. The van der Waals surface area contributed by atoms with Crippen LogP contribution in [0.25, 0.3) is 0 Å². The Bertz CT molecular complexity index is 768. The Hall–Kier alpha value is -2.09. The number of anilines is 1. The van der Waals surface area contributed by atoms with Crippen LogP contribution in [-0.4, -0.2) is 55.4 Å². The van der Waals surface area contributed by atoms with E-state index in [4.69, 9.17) is 16.3 Å². The van der Waals surface area contributed by atoms with Crippen molar-refractivity contribution in [2.45, 2.75) is 13.5 Å². The molecule has 2 rings (SSSR count). The quantitative estimate of drug-likeness (QED) is 0.690. The van der Waals surface area contributed by atoms with Crippen LogP contribution in [0.3, 0.4) is 0 Å². The number of carbonyl (C=O) groups is 2. The fourth-order valence-electron chi connectivity index (χ4n) is 2.49. The van der Waals surface area contributed by atoms with E-state index in [1.54, 1.807) is 36.6 Å². The number of halogens is 1. The summed E-state index contributed by atoms with van der Waals surface area (Å²) in [4.78, 5) is 29.4. The van der Waals surface area contributed by atoms with Crippen molar-refractivity contribution in [2.75, 3.05) is 39.1 Å². The molecule has 1 N–H and O–H groups in total. The maximum atomic E-state index is 12.5. The zero-order valence-electron chi connectivity index (χ0n) is 15.7. The average Bonchev–Trinajstić information content (AvgIpc) is 3.14. The number of ether oxygens (including phenoxy) is 1. The lowest BCUT2D eigenvalue weighted by molar-refractivity contribution is -0.134. The van der Waals surface area contributed by atoms with Crippen LogP contribution in [0.2, 0.25) is 5.02 Å². The predicted molar refractivity (Wildman–Crippen MR) is 110 cm³/mol. The van der Waals surface area contributed by atoms with Gasteiger partial charge in [-0.05, 0) is 36.2 Å². The van der Waals surface area contributed by atoms with Gasteiger partial charge in [-0.2, -0.15) is 0 Å². The Morgan fingerprint density at radius 3 is 2.67 bits per heavy atom. The highest BCUT2D eigenvalue weighted by atomic mass is 35.5. The molecule has 0 unspecified atom stereocenters. The summed E-state index contributed by atoms with van der Waals surface area (Å²) in [7, 11) is 3.14. The maximum absolute atomic E-state index is 12.5. The molecule has 0 aliphatic rings. The van der Waals surface area contributed by atoms with Crippen molar-refractivity contribution in [3.05, 3.63) is 45.6 Å². The lowest BCUT2D eigenvalue weighted by Gasteiger charge is -2.23. The summed E-state index contributed by atoms with van der Waals surface area (Å²) in [6, 6.07) is 9.01. The molecule has 0 fully saturated rings. The van der Waals surface area contributed by atoms with Gasteiger partial charge in [0.15, 0.2) is 0 Å². The zero-order valence-corrected chi connectivity index (χ0v) is 17.3. The van der Waals surface area contributed by atoms with Crippen molar-refractivity contribution in [1.29, 1.82) is 0 Å². The number of methoxy groups -OCH3 is 1. The number of amides is 2. The van der Waals surface area contributed by atoms with Gasteiger partial charge >= 0.3 is 0 Å². The second-order valence-electron chi connectivity index (χ2n) is 6.03. The minimum Gasteiger partial charge on any atom is -0.495 e. The van der Waals surface area contributed by atoms with E-state index in [-0.39, 0.29) is 24.9 Å². The molecule has 0 aliphatic carbocycles. The molecule has 0 spiro atoms. The van der Waals surface area contributed by atoms with Crippen molar-refractivity contribution in [3.63, 3.8) is 0 Å². The molecule has 1 aromatic heterocycles. The molecular weight excluding hydrogens is 386 g/mol. The first-order valence-electron chi connectivity index (χ1n) is 8.55. The number of benzene rings is 1. The Morgan fingerprint density at radius 1 is 1.26 bits per heavy atom. The first-order valence-corrected chi connectivity index (χ1v) is 9.80. The van der Waals surface area contributed by atoms with Gasteiger partial charge in [0, 0.05) is 23.5 Å². The Morgan fingerprint density at radius 2 is 2.04 bits per heavy atom. The summed E-state index contributed by atoms with van der Waals surface area (Å²) in [5, 5.41) is 5.25. The highest BCUT2D eigenvalue weighted by molar-refractivity contribution is 7.09. The van der Waals surface area contributed by atoms with E-state index in [1.807, 2.05) is 29.3 Å². The van der Waals surface area contributed by atoms with Crippen molar-refractivity contribution in [2.24, 2.45) is 0 Å². The van der Waals surface area contributed by atoms with Crippen molar-refractivity contribution >= 4 is 40.4 Å². The standard InChI is InChI=1S/C19H24ClN3O3S/c1-4-23(11-15-6-5-9-27-15)13-19(25)22(2)12-18(24)21-16-10-14(20)7-8-17(16)26-3/h5-10H,4,11-13H2,1-3H3,(H,21,24). The number of hydrogen-bond donors (Lipinski definition) is 1. The summed E-state index contributed by atoms with van der Waals surface area (Å²) >= 11 is 7.63. The molecule has 1 aromatic carbocycles. The first kappa shape index (κ1) is 21.2. The maximum Gasteiger partial charge on any atom is 0.244 e. The molecule has 8 heteroatoms. The molecule has 0 atom stereocenters. The van der Waals surface area contributed by atoms with Gasteiger partial charge in [-0.1, -0.05) is 24.6 Å². The largest absolute Gasteiger partial charge is 0.495 e. The number of likely N-dealkylation sites (N-methyl/N-ethyl adjacent to an activating group) is 2. The lowest BCUT2D eigenvalue weighted by atomic mass is 10.3. The second-order valence-corrected chi connectivity index (χ2v) is 7.49. The smallest absolute Gasteiger partial charge is 0.244 e. The van der Waals surface area contributed by atoms with E-state index in [9.17, 15) is 9.59 Å². The molecule has 27 heavy (non-hydrogen) atoms. The number of nitrogens with zero attached hydrogens (tertiary/aromatic N) is 2. The fraction of sp³-hybridized carbons (Fsp3) is 0.368. The fourth-order valence-corrected chi connectivity index (χ4v) is 3.40. The summed E-state index contributed by atoms with van der Waals surface area (Å²) in [5.41, 5.74) is 0.476. The highest BCUT2D eigenvalue weighted by Gasteiger charge is 2.17. The minimum absolute atomic E-state index is 0.0505. The molecule has 6 nitrogen and oxygen atoms in total. The van der Waals surface area contributed by atoms with Crippen LogP contribution in [-0.2, 0) is 16.1 Å². The van der Waals surface area contributed by atoms with Gasteiger partial charge in [0.1, 0.15) is 5.75 Å². The normalized spacial score (nSPS) is 10.7. The molecular formula is C19H24ClN3O3S. The SMILES string of the molecule is CCN(CC(=O)N(C)CC(=O)Nc1cc(Cl)ccc1OC)Cc1cccs1. The number of rotatable bonds is 9. The third-order valence-corrected chi connectivity index (χ3v) is 5.10. The molecule has 0 saturated carbocycles. The summed E-state index contributed by atoms with van der Waals surface area (Å²) in [6.45, 7) is 3.70. The van der Waals surface area contributed by atoms with E-state index >= 15 is 0 Å². The van der Waals surface area contributed by atoms with Gasteiger partial charge in [0.05, 0.1) is 25.9 Å². The average molecular weight is 410 g/mol. The highest BCUT2D eigenvalue weighted by Crippen LogP contribution is 2.27. The zero-order chi connectivity index (χ0) is 19.8. The van der Waals surface area contributed by atoms with Gasteiger partial charge < -0.3 is 15.0 Å². The van der Waals surface area contributed by atoms with Crippen LogP contribution in [0.5, 0.6) is 5.75 Å². The number of carbonyl (C=O) groups excluding carboxylic acids is 2. The monoisotopic (exact) mass is 409 g/mol. The van der Waals surface area contributed by atoms with Crippen molar-refractivity contribution < 1.29 is 14.3 Å². The van der Waals surface area contributed by atoms with Gasteiger partial charge in [-0.25, -0.2) is 0 Å². The first-order chi connectivity index (χ1) is 12.9. The topological polar surface area (TPSA) is 61.9 Å². The van der Waals surface area contributed by atoms with Crippen LogP contribution in [0.1, 0.15) is 11.8 Å². The number of thiophene rings is 1. The van der Waals surface area contributed by atoms with Gasteiger partial charge in [-0.3, -0.25) is 14.5 Å². The molecule has 0 radical (unpaired) electrons. The molecule has 0 aliphatic heterocycles. The lowest BCUT2D eigenvalue weighted by Crippen LogP contribution is -2.41. The Kier molecular flexibility index (Phi) is 8.09. The number of nitrogens with one attached hydrogen (secondary N) is 1. The van der Waals surface area contributed by atoms with Crippen LogP contribution >= 0.6 is 22.9 Å². The van der Waals surface area contributed by atoms with Crippen LogP contribution < -0.4 is 10.1 Å². The predicted octanol–water partition coefficient (Wildman–Crippen LogP) is 3.33. The van der Waals surface area contributed by atoms with Crippen LogP contribution in [0, 0.1) is 0 Å². The van der Waals surface area contributed by atoms with E-state index in [0.717, 1.165) is 13.1 Å². The van der Waals surface area contributed by atoms with Crippen LogP contribution in [0.4, 0.5) is 5.69 Å². The summed E-state index contributed by atoms with van der Waals surface area (Å²) in [5.74, 6) is 0.0872. The van der Waals surface area contributed by atoms with E-state index in [0.29, 0.717) is 16.5 Å². The molecule has 146 valence electrons. The Balaban J connectivity index is 1.89. The van der Waals surface area contributed by atoms with Gasteiger partial charge in [0.25, 0.3) is 0 Å². The molecule has 0 bridgehead atoms.